The molecule has 0 unspecified atom stereocenters. The highest BCUT2D eigenvalue weighted by molar-refractivity contribution is 6.32. The number of hydrogen-bond acceptors (Lipinski definition) is 3. The number of hydrogen-bond donors (Lipinski definition) is 1. The zero-order valence-electron chi connectivity index (χ0n) is 8.04. The maximum Gasteiger partial charge on any atom is 0.338 e. The van der Waals surface area contributed by atoms with E-state index in [1.165, 1.54) is 12.3 Å². The van der Waals surface area contributed by atoms with Crippen LogP contribution in [0.15, 0.2) is 23.5 Å². The topological polar surface area (TPSA) is 99.0 Å². The zero-order valence-corrected chi connectivity index (χ0v) is 8.79. The molecule has 0 saturated carbocycles. The lowest BCUT2D eigenvalue weighted by atomic mass is 10.2. The molecular weight excluding hydrogens is 232 g/mol. The highest BCUT2D eigenvalue weighted by atomic mass is 35.5. The number of nitrogens with zero attached hydrogens (tertiary/aromatic N) is 4. The van der Waals surface area contributed by atoms with E-state index in [2.05, 4.69) is 15.0 Å². The van der Waals surface area contributed by atoms with Gasteiger partial charge in [0.05, 0.1) is 5.56 Å². The second kappa shape index (κ2) is 5.75. The van der Waals surface area contributed by atoms with E-state index in [0.29, 0.717) is 5.56 Å². The quantitative estimate of drug-likeness (QED) is 0.378. The van der Waals surface area contributed by atoms with Gasteiger partial charge >= 0.3 is 5.97 Å². The van der Waals surface area contributed by atoms with Crippen molar-refractivity contribution in [3.8, 4) is 0 Å². The van der Waals surface area contributed by atoms with Crippen molar-refractivity contribution in [3.63, 3.8) is 0 Å². The Hall–Kier alpha value is -2.04. The first-order valence-corrected chi connectivity index (χ1v) is 4.59. The highest BCUT2D eigenvalue weighted by Crippen LogP contribution is 2.15. The SMILES string of the molecule is [N-]=[N+]=NCC=Cc1cnc(Cl)c(C(=O)O)c1. The molecule has 1 aromatic heterocycles. The van der Waals surface area contributed by atoms with Gasteiger partial charge in [-0.1, -0.05) is 28.9 Å². The number of carbonyl (C=O) groups is 1. The van der Waals surface area contributed by atoms with Crippen molar-refractivity contribution >= 4 is 23.6 Å². The Morgan fingerprint density at radius 2 is 2.50 bits per heavy atom. The number of carboxylic acids is 1. The summed E-state index contributed by atoms with van der Waals surface area (Å²) in [6.07, 6.45) is 4.63. The van der Waals surface area contributed by atoms with Gasteiger partial charge in [0.15, 0.2) is 0 Å². The van der Waals surface area contributed by atoms with Gasteiger partial charge in [0.1, 0.15) is 5.15 Å². The van der Waals surface area contributed by atoms with Crippen molar-refractivity contribution in [2.75, 3.05) is 6.54 Å². The van der Waals surface area contributed by atoms with Crippen molar-refractivity contribution in [1.82, 2.24) is 4.98 Å². The molecule has 0 spiro atoms. The van der Waals surface area contributed by atoms with Crippen molar-refractivity contribution in [2.24, 2.45) is 5.11 Å². The highest BCUT2D eigenvalue weighted by Gasteiger charge is 2.09. The zero-order chi connectivity index (χ0) is 12.0. The number of aromatic nitrogens is 1. The molecule has 82 valence electrons. The second-order valence-electron chi connectivity index (χ2n) is 2.73. The first kappa shape index (κ1) is 12.0. The molecule has 6 nitrogen and oxygen atoms in total. The number of pyridine rings is 1. The molecule has 1 rings (SSSR count). The molecule has 0 amide bonds. The maximum absolute atomic E-state index is 10.7. The molecule has 1 heterocycles. The molecule has 0 aliphatic rings. The van der Waals surface area contributed by atoms with Gasteiger partial charge in [0, 0.05) is 17.7 Å². The summed E-state index contributed by atoms with van der Waals surface area (Å²) in [5, 5.41) is 12.0. The third-order valence-electron chi connectivity index (χ3n) is 1.65. The molecule has 0 aliphatic heterocycles. The van der Waals surface area contributed by atoms with E-state index in [1.807, 2.05) is 0 Å². The van der Waals surface area contributed by atoms with Crippen LogP contribution >= 0.6 is 11.6 Å². The van der Waals surface area contributed by atoms with Crippen LogP contribution in [0, 0.1) is 0 Å². The molecule has 0 saturated heterocycles. The van der Waals surface area contributed by atoms with Gasteiger partial charge in [-0.3, -0.25) is 0 Å². The molecular formula is C9H7ClN4O2. The van der Waals surface area contributed by atoms with E-state index < -0.39 is 5.97 Å². The molecule has 7 heteroatoms. The van der Waals surface area contributed by atoms with E-state index in [4.69, 9.17) is 22.2 Å². The molecule has 0 aromatic carbocycles. The van der Waals surface area contributed by atoms with Gasteiger partial charge in [-0.05, 0) is 17.2 Å². The van der Waals surface area contributed by atoms with Crippen LogP contribution < -0.4 is 0 Å². The van der Waals surface area contributed by atoms with Crippen molar-refractivity contribution in [1.29, 1.82) is 0 Å². The van der Waals surface area contributed by atoms with Gasteiger partial charge in [0.25, 0.3) is 0 Å². The van der Waals surface area contributed by atoms with Crippen molar-refractivity contribution in [2.45, 2.75) is 0 Å². The molecule has 0 fully saturated rings. The second-order valence-corrected chi connectivity index (χ2v) is 3.09. The van der Waals surface area contributed by atoms with Crippen LogP contribution in [0.3, 0.4) is 0 Å². The first-order valence-electron chi connectivity index (χ1n) is 4.21. The van der Waals surface area contributed by atoms with Crippen LogP contribution in [-0.2, 0) is 0 Å². The average Bonchev–Trinajstić information content (AvgIpc) is 2.26. The van der Waals surface area contributed by atoms with Crippen LogP contribution in [-0.4, -0.2) is 22.6 Å². The Balaban J connectivity index is 2.90. The third-order valence-corrected chi connectivity index (χ3v) is 1.95. The van der Waals surface area contributed by atoms with E-state index in [0.717, 1.165) is 0 Å². The minimum atomic E-state index is -1.14. The van der Waals surface area contributed by atoms with Gasteiger partial charge < -0.3 is 5.11 Å². The van der Waals surface area contributed by atoms with Crippen LogP contribution in [0.1, 0.15) is 15.9 Å². The van der Waals surface area contributed by atoms with Gasteiger partial charge in [0.2, 0.25) is 0 Å². The molecule has 1 aromatic rings. The van der Waals surface area contributed by atoms with Crippen LogP contribution in [0.4, 0.5) is 0 Å². The summed E-state index contributed by atoms with van der Waals surface area (Å²) in [4.78, 5) is 17.0. The van der Waals surface area contributed by atoms with Gasteiger partial charge in [-0.15, -0.1) is 0 Å². The Morgan fingerprint density at radius 3 is 3.12 bits per heavy atom. The van der Waals surface area contributed by atoms with Crippen molar-refractivity contribution < 1.29 is 9.90 Å². The summed E-state index contributed by atoms with van der Waals surface area (Å²) in [5.74, 6) is -1.14. The summed E-state index contributed by atoms with van der Waals surface area (Å²) in [6.45, 7) is 0.196. The number of carboxylic acid groups (broad SMARTS) is 1. The summed E-state index contributed by atoms with van der Waals surface area (Å²) in [6, 6.07) is 1.39. The van der Waals surface area contributed by atoms with Gasteiger partial charge in [-0.2, -0.15) is 0 Å². The summed E-state index contributed by atoms with van der Waals surface area (Å²) >= 11 is 5.59. The van der Waals surface area contributed by atoms with Crippen molar-refractivity contribution in [3.05, 3.63) is 45.1 Å². The number of aromatic carboxylic acids is 1. The number of azide groups is 1. The predicted molar refractivity (Wildman–Crippen MR) is 59.3 cm³/mol. The van der Waals surface area contributed by atoms with E-state index in [-0.39, 0.29) is 17.3 Å². The summed E-state index contributed by atoms with van der Waals surface area (Å²) < 4.78 is 0. The Labute approximate surface area is 95.8 Å². The largest absolute Gasteiger partial charge is 0.478 e. The lowest BCUT2D eigenvalue weighted by Gasteiger charge is -1.98. The summed E-state index contributed by atoms with van der Waals surface area (Å²) in [7, 11) is 0. The summed E-state index contributed by atoms with van der Waals surface area (Å²) in [5.41, 5.74) is 8.55. The lowest BCUT2D eigenvalue weighted by Crippen LogP contribution is -1.99. The standard InChI is InChI=1S/C9H7ClN4O2/c10-8-7(9(15)16)4-6(5-12-8)2-1-3-13-14-11/h1-2,4-5H,3H2,(H,15,16). The molecule has 0 aliphatic carbocycles. The fourth-order valence-corrected chi connectivity index (χ4v) is 1.16. The lowest BCUT2D eigenvalue weighted by molar-refractivity contribution is 0.0696. The fraction of sp³-hybridized carbons (Fsp3) is 0.111. The maximum atomic E-state index is 10.7. The molecule has 0 radical (unpaired) electrons. The van der Waals surface area contributed by atoms with Crippen LogP contribution in [0.5, 0.6) is 0 Å². The van der Waals surface area contributed by atoms with Gasteiger partial charge in [-0.25, -0.2) is 9.78 Å². The van der Waals surface area contributed by atoms with E-state index >= 15 is 0 Å². The Morgan fingerprint density at radius 1 is 1.75 bits per heavy atom. The predicted octanol–water partition coefficient (Wildman–Crippen LogP) is 2.76. The fourth-order valence-electron chi connectivity index (χ4n) is 0.978. The monoisotopic (exact) mass is 238 g/mol. The van der Waals surface area contributed by atoms with Crippen LogP contribution in [0.25, 0.3) is 16.5 Å². The Bertz CT molecular complexity index is 480. The Kier molecular flexibility index (Phi) is 4.32. The average molecular weight is 239 g/mol. The minimum absolute atomic E-state index is 0.0558. The van der Waals surface area contributed by atoms with E-state index in [1.54, 1.807) is 12.2 Å². The number of halogens is 1. The molecule has 0 atom stereocenters. The van der Waals surface area contributed by atoms with E-state index in [9.17, 15) is 4.79 Å². The molecule has 16 heavy (non-hydrogen) atoms. The third kappa shape index (κ3) is 3.27. The first-order chi connectivity index (χ1) is 7.65. The minimum Gasteiger partial charge on any atom is -0.478 e. The van der Waals surface area contributed by atoms with Crippen LogP contribution in [0.2, 0.25) is 5.15 Å². The number of rotatable bonds is 4. The normalized spacial score (nSPS) is 10.1. The smallest absolute Gasteiger partial charge is 0.338 e. The molecule has 1 N–H and O–H groups in total. The molecule has 0 bridgehead atoms.